The number of fused-ring (bicyclic) bond motifs is 1. The Balaban J connectivity index is 1.54. The molecule has 8 nitrogen and oxygen atoms in total. The van der Waals surface area contributed by atoms with Crippen LogP contribution in [0.25, 0.3) is 10.8 Å². The first-order chi connectivity index (χ1) is 18.3. The molecule has 4 rings (SSSR count). The third-order valence-corrected chi connectivity index (χ3v) is 5.99. The number of rotatable bonds is 10. The van der Waals surface area contributed by atoms with Crippen molar-refractivity contribution in [2.75, 3.05) is 36.6 Å². The van der Waals surface area contributed by atoms with E-state index in [1.54, 1.807) is 24.4 Å². The highest BCUT2D eigenvalue weighted by Gasteiger charge is 2.11. The summed E-state index contributed by atoms with van der Waals surface area (Å²) in [6, 6.07) is 19.5. The Labute approximate surface area is 231 Å². The Morgan fingerprint density at radius 2 is 1.87 bits per heavy atom. The van der Waals surface area contributed by atoms with Crippen LogP contribution in [0.4, 0.5) is 28.8 Å². The number of hydrogen-bond donors (Lipinski definition) is 3. The van der Waals surface area contributed by atoms with Gasteiger partial charge in [0.25, 0.3) is 0 Å². The van der Waals surface area contributed by atoms with Crippen LogP contribution in [0.1, 0.15) is 13.8 Å². The maximum absolute atomic E-state index is 12.3. The largest absolute Gasteiger partial charge is 0.489 e. The van der Waals surface area contributed by atoms with Gasteiger partial charge in [0.15, 0.2) is 0 Å². The van der Waals surface area contributed by atoms with Gasteiger partial charge in [-0.1, -0.05) is 46.3 Å². The Morgan fingerprint density at radius 3 is 2.66 bits per heavy atom. The third kappa shape index (κ3) is 7.53. The zero-order valence-electron chi connectivity index (χ0n) is 21.8. The smallest absolute Gasteiger partial charge is 0.248 e. The van der Waals surface area contributed by atoms with Crippen molar-refractivity contribution < 1.29 is 9.53 Å². The summed E-state index contributed by atoms with van der Waals surface area (Å²) in [4.78, 5) is 23.3. The molecule has 0 fully saturated rings. The summed E-state index contributed by atoms with van der Waals surface area (Å²) >= 11 is 3.66. The summed E-state index contributed by atoms with van der Waals surface area (Å²) in [6.45, 7) is 4.59. The number of aromatic nitrogens is 2. The van der Waals surface area contributed by atoms with Crippen LogP contribution in [-0.4, -0.2) is 47.5 Å². The maximum Gasteiger partial charge on any atom is 0.248 e. The Kier molecular flexibility index (Phi) is 8.93. The van der Waals surface area contributed by atoms with Gasteiger partial charge in [0.2, 0.25) is 11.9 Å². The molecule has 0 bridgehead atoms. The van der Waals surface area contributed by atoms with Gasteiger partial charge in [0.05, 0.1) is 11.8 Å². The maximum atomic E-state index is 12.3. The number of halogens is 1. The summed E-state index contributed by atoms with van der Waals surface area (Å²) in [7, 11) is 3.89. The van der Waals surface area contributed by atoms with Crippen molar-refractivity contribution in [1.82, 2.24) is 14.9 Å². The van der Waals surface area contributed by atoms with Crippen molar-refractivity contribution in [3.05, 3.63) is 83.5 Å². The van der Waals surface area contributed by atoms with Crippen LogP contribution < -0.4 is 20.7 Å². The summed E-state index contributed by atoms with van der Waals surface area (Å²) < 4.78 is 6.97. The SMILES string of the molecule is CC(C)Oc1ccc(NC(=O)/C=C/CN(C)C)cc1Nc1nccc(Nc2cc(Br)c3ccccc3c2)n1. The lowest BCUT2D eigenvalue weighted by atomic mass is 10.1. The topological polar surface area (TPSA) is 91.4 Å². The van der Waals surface area contributed by atoms with Crippen LogP contribution in [-0.2, 0) is 4.79 Å². The molecular formula is C29H31BrN6O2. The van der Waals surface area contributed by atoms with E-state index in [2.05, 4.69) is 60.0 Å². The monoisotopic (exact) mass is 574 g/mol. The zero-order valence-corrected chi connectivity index (χ0v) is 23.4. The minimum Gasteiger partial charge on any atom is -0.489 e. The number of likely N-dealkylation sites (N-methyl/N-ethyl adjacent to an activating group) is 1. The van der Waals surface area contributed by atoms with E-state index in [4.69, 9.17) is 4.74 Å². The molecule has 196 valence electrons. The Morgan fingerprint density at radius 1 is 1.05 bits per heavy atom. The van der Waals surface area contributed by atoms with E-state index in [0.29, 0.717) is 35.4 Å². The van der Waals surface area contributed by atoms with E-state index in [1.165, 1.54) is 6.08 Å². The van der Waals surface area contributed by atoms with Crippen molar-refractivity contribution in [2.45, 2.75) is 20.0 Å². The van der Waals surface area contributed by atoms with Gasteiger partial charge >= 0.3 is 0 Å². The van der Waals surface area contributed by atoms with Crippen LogP contribution in [0.2, 0.25) is 0 Å². The highest BCUT2D eigenvalue weighted by atomic mass is 79.9. The summed E-state index contributed by atoms with van der Waals surface area (Å²) in [5, 5.41) is 11.7. The second-order valence-corrected chi connectivity index (χ2v) is 10.1. The number of nitrogens with zero attached hydrogens (tertiary/aromatic N) is 3. The van der Waals surface area contributed by atoms with E-state index in [9.17, 15) is 4.79 Å². The van der Waals surface area contributed by atoms with Gasteiger partial charge in [-0.3, -0.25) is 4.79 Å². The van der Waals surface area contributed by atoms with Crippen molar-refractivity contribution in [3.63, 3.8) is 0 Å². The van der Waals surface area contributed by atoms with Crippen molar-refractivity contribution in [3.8, 4) is 5.75 Å². The molecule has 0 spiro atoms. The molecule has 38 heavy (non-hydrogen) atoms. The van der Waals surface area contributed by atoms with Crippen LogP contribution >= 0.6 is 15.9 Å². The predicted molar refractivity (Wildman–Crippen MR) is 159 cm³/mol. The normalized spacial score (nSPS) is 11.3. The van der Waals surface area contributed by atoms with E-state index in [-0.39, 0.29) is 12.0 Å². The molecule has 0 aliphatic heterocycles. The van der Waals surface area contributed by atoms with Crippen molar-refractivity contribution in [2.24, 2.45) is 0 Å². The summed E-state index contributed by atoms with van der Waals surface area (Å²) in [5.41, 5.74) is 2.16. The third-order valence-electron chi connectivity index (χ3n) is 5.34. The zero-order chi connectivity index (χ0) is 27.1. The fourth-order valence-corrected chi connectivity index (χ4v) is 4.32. The van der Waals surface area contributed by atoms with E-state index in [0.717, 1.165) is 20.9 Å². The molecule has 0 saturated heterocycles. The minimum absolute atomic E-state index is 0.0368. The second kappa shape index (κ2) is 12.5. The minimum atomic E-state index is -0.209. The molecule has 1 heterocycles. The second-order valence-electron chi connectivity index (χ2n) is 9.23. The number of anilines is 5. The lowest BCUT2D eigenvalue weighted by molar-refractivity contribution is -0.111. The number of benzene rings is 3. The number of carbonyl (C=O) groups is 1. The molecule has 0 radical (unpaired) electrons. The standard InChI is InChI=1S/C29H31BrN6O2/c1-19(2)38-26-12-11-21(33-28(37)10-7-15-36(3)4)18-25(26)34-29-31-14-13-27(35-29)32-22-16-20-8-5-6-9-23(20)24(30)17-22/h5-14,16-19H,15H2,1-4H3,(H,33,37)(H2,31,32,34,35)/b10-7+. The van der Waals surface area contributed by atoms with Crippen LogP contribution in [0, 0.1) is 0 Å². The van der Waals surface area contributed by atoms with Crippen molar-refractivity contribution >= 4 is 61.4 Å². The molecule has 3 N–H and O–H groups in total. The fourth-order valence-electron chi connectivity index (χ4n) is 3.71. The lowest BCUT2D eigenvalue weighted by Gasteiger charge is -2.17. The molecule has 0 aliphatic rings. The number of nitrogens with one attached hydrogen (secondary N) is 3. The Hall–Kier alpha value is -3.95. The van der Waals surface area contributed by atoms with E-state index >= 15 is 0 Å². The molecule has 0 atom stereocenters. The summed E-state index contributed by atoms with van der Waals surface area (Å²) in [5.74, 6) is 1.44. The summed E-state index contributed by atoms with van der Waals surface area (Å²) in [6.07, 6.45) is 4.98. The van der Waals surface area contributed by atoms with Crippen LogP contribution in [0.15, 0.2) is 83.5 Å². The molecule has 4 aromatic rings. The quantitative estimate of drug-likeness (QED) is 0.181. The highest BCUT2D eigenvalue weighted by Crippen LogP contribution is 2.32. The van der Waals surface area contributed by atoms with Gasteiger partial charge in [-0.15, -0.1) is 0 Å². The van der Waals surface area contributed by atoms with Gasteiger partial charge in [-0.05, 0) is 75.1 Å². The lowest BCUT2D eigenvalue weighted by Crippen LogP contribution is -2.13. The number of ether oxygens (including phenoxy) is 1. The highest BCUT2D eigenvalue weighted by molar-refractivity contribution is 9.10. The molecule has 0 unspecified atom stereocenters. The average Bonchev–Trinajstić information content (AvgIpc) is 2.85. The van der Waals surface area contributed by atoms with Gasteiger partial charge in [-0.2, -0.15) is 4.98 Å². The molecule has 1 amide bonds. The van der Waals surface area contributed by atoms with Crippen LogP contribution in [0.3, 0.4) is 0 Å². The average molecular weight is 576 g/mol. The molecule has 0 aliphatic carbocycles. The molecule has 0 saturated carbocycles. The fraction of sp³-hybridized carbons (Fsp3) is 0.207. The van der Waals surface area contributed by atoms with Gasteiger partial charge < -0.3 is 25.6 Å². The van der Waals surface area contributed by atoms with Gasteiger partial charge in [0.1, 0.15) is 11.6 Å². The van der Waals surface area contributed by atoms with Crippen LogP contribution in [0.5, 0.6) is 5.75 Å². The Bertz CT molecular complexity index is 1450. The first kappa shape index (κ1) is 27.1. The molecule has 3 aromatic carbocycles. The van der Waals surface area contributed by atoms with Gasteiger partial charge in [0, 0.05) is 34.7 Å². The van der Waals surface area contributed by atoms with E-state index in [1.807, 2.05) is 63.2 Å². The van der Waals surface area contributed by atoms with E-state index < -0.39 is 0 Å². The first-order valence-corrected chi connectivity index (χ1v) is 13.0. The number of amides is 1. The number of hydrogen-bond acceptors (Lipinski definition) is 7. The number of carbonyl (C=O) groups excluding carboxylic acids is 1. The molecule has 1 aromatic heterocycles. The van der Waals surface area contributed by atoms with Crippen molar-refractivity contribution in [1.29, 1.82) is 0 Å². The molecule has 9 heteroatoms. The first-order valence-electron chi connectivity index (χ1n) is 12.2. The predicted octanol–water partition coefficient (Wildman–Crippen LogP) is 6.72. The molecular weight excluding hydrogens is 544 g/mol. The van der Waals surface area contributed by atoms with Gasteiger partial charge in [-0.25, -0.2) is 4.98 Å².